The Labute approximate surface area is 131 Å². The predicted molar refractivity (Wildman–Crippen MR) is 81.4 cm³/mol. The predicted octanol–water partition coefficient (Wildman–Crippen LogP) is 3.02. The third-order valence-electron chi connectivity index (χ3n) is 2.94. The largest absolute Gasteiger partial charge is 0.457 e. The van der Waals surface area contributed by atoms with Crippen molar-refractivity contribution in [2.24, 2.45) is 5.10 Å². The van der Waals surface area contributed by atoms with E-state index in [0.29, 0.717) is 28.7 Å². The molecule has 0 radical (unpaired) electrons. The summed E-state index contributed by atoms with van der Waals surface area (Å²) in [5.41, 5.74) is 3.01. The van der Waals surface area contributed by atoms with Crippen molar-refractivity contribution >= 4 is 11.4 Å². The molecule has 0 aromatic heterocycles. The zero-order valence-corrected chi connectivity index (χ0v) is 11.8. The number of nitrogens with zero attached hydrogens (tertiary/aromatic N) is 3. The minimum absolute atomic E-state index is 0.215. The summed E-state index contributed by atoms with van der Waals surface area (Å²) in [4.78, 5) is 0. The molecule has 0 unspecified atom stereocenters. The van der Waals surface area contributed by atoms with Gasteiger partial charge in [0.2, 0.25) is 12.5 Å². The first-order chi connectivity index (χ1) is 11.3. The molecule has 7 nitrogen and oxygen atoms in total. The van der Waals surface area contributed by atoms with Gasteiger partial charge in [-0.3, -0.25) is 5.43 Å². The topological polar surface area (TPSA) is 99.7 Å². The minimum atomic E-state index is -0.245. The van der Waals surface area contributed by atoms with E-state index in [1.54, 1.807) is 54.6 Å². The van der Waals surface area contributed by atoms with E-state index in [-0.39, 0.29) is 12.5 Å². The van der Waals surface area contributed by atoms with Crippen LogP contribution >= 0.6 is 0 Å². The van der Waals surface area contributed by atoms with Crippen molar-refractivity contribution in [3.05, 3.63) is 42.5 Å². The fourth-order valence-electron chi connectivity index (χ4n) is 1.87. The van der Waals surface area contributed by atoms with E-state index < -0.39 is 0 Å². The third-order valence-corrected chi connectivity index (χ3v) is 2.94. The van der Waals surface area contributed by atoms with Crippen molar-refractivity contribution in [2.75, 3.05) is 12.2 Å². The summed E-state index contributed by atoms with van der Waals surface area (Å²) >= 11 is 0. The van der Waals surface area contributed by atoms with Crippen LogP contribution in [-0.4, -0.2) is 12.5 Å². The van der Waals surface area contributed by atoms with Crippen LogP contribution in [0.15, 0.2) is 47.6 Å². The highest BCUT2D eigenvalue weighted by molar-refractivity contribution is 6.10. The number of ether oxygens (including phenoxy) is 3. The molecule has 0 aliphatic carbocycles. The van der Waals surface area contributed by atoms with Gasteiger partial charge in [-0.1, -0.05) is 0 Å². The van der Waals surface area contributed by atoms with Gasteiger partial charge in [0.15, 0.2) is 11.5 Å². The molecule has 1 aliphatic heterocycles. The molecule has 3 rings (SSSR count). The quantitative estimate of drug-likeness (QED) is 0.688. The monoisotopic (exact) mass is 306 g/mol. The molecule has 112 valence electrons. The number of benzene rings is 2. The molecule has 0 saturated carbocycles. The van der Waals surface area contributed by atoms with Crippen molar-refractivity contribution in [2.45, 2.75) is 0 Å². The van der Waals surface area contributed by atoms with Gasteiger partial charge in [0, 0.05) is 6.07 Å². The van der Waals surface area contributed by atoms with Crippen LogP contribution in [0.5, 0.6) is 23.0 Å². The van der Waals surface area contributed by atoms with Gasteiger partial charge in [-0.25, -0.2) is 0 Å². The Bertz CT molecular complexity index is 816. The number of hydrogen-bond acceptors (Lipinski definition) is 7. The van der Waals surface area contributed by atoms with Crippen LogP contribution in [0.2, 0.25) is 0 Å². The Morgan fingerprint density at radius 3 is 2.43 bits per heavy atom. The van der Waals surface area contributed by atoms with Crippen molar-refractivity contribution < 1.29 is 14.2 Å². The molecule has 1 heterocycles. The van der Waals surface area contributed by atoms with E-state index in [9.17, 15) is 0 Å². The molecule has 0 bridgehead atoms. The van der Waals surface area contributed by atoms with Gasteiger partial charge >= 0.3 is 0 Å². The summed E-state index contributed by atoms with van der Waals surface area (Å²) in [5, 5.41) is 20.9. The molecule has 1 aliphatic rings. The van der Waals surface area contributed by atoms with E-state index in [2.05, 4.69) is 10.5 Å². The third kappa shape index (κ3) is 3.31. The van der Waals surface area contributed by atoms with E-state index >= 15 is 0 Å². The Morgan fingerprint density at radius 2 is 1.70 bits per heavy atom. The van der Waals surface area contributed by atoms with Crippen LogP contribution in [-0.2, 0) is 0 Å². The van der Waals surface area contributed by atoms with Gasteiger partial charge in [-0.05, 0) is 36.4 Å². The first kappa shape index (κ1) is 14.2. The number of hydrazone groups is 1. The highest BCUT2D eigenvalue weighted by atomic mass is 16.7. The van der Waals surface area contributed by atoms with Gasteiger partial charge in [-0.15, -0.1) is 0 Å². The maximum absolute atomic E-state index is 8.60. The van der Waals surface area contributed by atoms with Gasteiger partial charge in [0.05, 0.1) is 5.69 Å². The highest BCUT2D eigenvalue weighted by Crippen LogP contribution is 2.36. The molecule has 0 fully saturated rings. The first-order valence-electron chi connectivity index (χ1n) is 6.60. The Balaban J connectivity index is 1.67. The van der Waals surface area contributed by atoms with E-state index in [0.717, 1.165) is 0 Å². The molecule has 23 heavy (non-hydrogen) atoms. The molecular formula is C16H10N4O3. The molecule has 7 heteroatoms. The molecular weight excluding hydrogens is 296 g/mol. The van der Waals surface area contributed by atoms with Crippen LogP contribution in [0.1, 0.15) is 0 Å². The summed E-state index contributed by atoms with van der Waals surface area (Å²) in [6.45, 7) is 0.215. The standard InChI is InChI=1S/C16H10N4O3/c17-8-12(9-18)20-19-11-1-3-13(4-2-11)23-14-5-6-15-16(7-14)22-10-21-15/h1-7,19H,10H2. The van der Waals surface area contributed by atoms with Crippen molar-refractivity contribution in [3.63, 3.8) is 0 Å². The average Bonchev–Trinajstić information content (AvgIpc) is 3.05. The molecule has 1 N–H and O–H groups in total. The Hall–Kier alpha value is -3.71. The van der Waals surface area contributed by atoms with E-state index in [1.807, 2.05) is 0 Å². The lowest BCUT2D eigenvalue weighted by Gasteiger charge is -2.07. The van der Waals surface area contributed by atoms with Crippen LogP contribution in [0, 0.1) is 22.7 Å². The Kier molecular flexibility index (Phi) is 3.94. The van der Waals surface area contributed by atoms with Crippen LogP contribution < -0.4 is 19.6 Å². The number of nitriles is 2. The molecule has 0 spiro atoms. The van der Waals surface area contributed by atoms with Crippen molar-refractivity contribution in [1.29, 1.82) is 10.5 Å². The smallest absolute Gasteiger partial charge is 0.237 e. The second-order valence-corrected chi connectivity index (χ2v) is 4.44. The van der Waals surface area contributed by atoms with Gasteiger partial charge in [0.1, 0.15) is 23.6 Å². The van der Waals surface area contributed by atoms with Crippen LogP contribution in [0.3, 0.4) is 0 Å². The summed E-state index contributed by atoms with van der Waals surface area (Å²) < 4.78 is 16.3. The molecule has 0 saturated heterocycles. The van der Waals surface area contributed by atoms with Gasteiger partial charge < -0.3 is 14.2 Å². The fraction of sp³-hybridized carbons (Fsp3) is 0.0625. The van der Waals surface area contributed by atoms with Crippen LogP contribution in [0.4, 0.5) is 5.69 Å². The zero-order chi connectivity index (χ0) is 16.1. The van der Waals surface area contributed by atoms with E-state index in [4.69, 9.17) is 24.7 Å². The zero-order valence-electron chi connectivity index (χ0n) is 11.8. The second kappa shape index (κ2) is 6.37. The van der Waals surface area contributed by atoms with Crippen molar-refractivity contribution in [3.8, 4) is 35.1 Å². The average molecular weight is 306 g/mol. The molecule has 2 aromatic carbocycles. The number of fused-ring (bicyclic) bond motifs is 1. The number of nitrogens with one attached hydrogen (secondary N) is 1. The van der Waals surface area contributed by atoms with Crippen LogP contribution in [0.25, 0.3) is 0 Å². The highest BCUT2D eigenvalue weighted by Gasteiger charge is 2.13. The molecule has 0 amide bonds. The number of hydrogen-bond donors (Lipinski definition) is 1. The lowest BCUT2D eigenvalue weighted by Crippen LogP contribution is -1.96. The second-order valence-electron chi connectivity index (χ2n) is 4.44. The van der Waals surface area contributed by atoms with Crippen molar-refractivity contribution in [1.82, 2.24) is 0 Å². The first-order valence-corrected chi connectivity index (χ1v) is 6.60. The molecule has 2 aromatic rings. The van der Waals surface area contributed by atoms with Gasteiger partial charge in [-0.2, -0.15) is 15.6 Å². The number of rotatable bonds is 4. The van der Waals surface area contributed by atoms with Gasteiger partial charge in [0.25, 0.3) is 0 Å². The maximum atomic E-state index is 8.60. The summed E-state index contributed by atoms with van der Waals surface area (Å²) in [6.07, 6.45) is 0. The summed E-state index contributed by atoms with van der Waals surface area (Å²) in [5.74, 6) is 2.60. The van der Waals surface area contributed by atoms with E-state index in [1.165, 1.54) is 0 Å². The molecule has 0 atom stereocenters. The SMILES string of the molecule is N#CC(C#N)=NNc1ccc(Oc2ccc3c(c2)OCO3)cc1. The summed E-state index contributed by atoms with van der Waals surface area (Å²) in [6, 6.07) is 15.6. The number of anilines is 1. The maximum Gasteiger partial charge on any atom is 0.237 e. The minimum Gasteiger partial charge on any atom is -0.457 e. The summed E-state index contributed by atoms with van der Waals surface area (Å²) in [7, 11) is 0. The fourth-order valence-corrected chi connectivity index (χ4v) is 1.87. The Morgan fingerprint density at radius 1 is 1.00 bits per heavy atom. The lowest BCUT2D eigenvalue weighted by molar-refractivity contribution is 0.174. The lowest BCUT2D eigenvalue weighted by atomic mass is 10.3. The normalized spacial score (nSPS) is 11.0.